The highest BCUT2D eigenvalue weighted by Gasteiger charge is 2.13. The molecule has 8 nitrogen and oxygen atoms in total. The number of nitrogens with zero attached hydrogens (tertiary/aromatic N) is 2. The smallest absolute Gasteiger partial charge is 0.343 e. The zero-order chi connectivity index (χ0) is 23.6. The van der Waals surface area contributed by atoms with Crippen LogP contribution in [-0.4, -0.2) is 31.8 Å². The molecule has 0 aromatic heterocycles. The van der Waals surface area contributed by atoms with Crippen LogP contribution in [-0.2, 0) is 4.79 Å². The molecule has 0 bridgehead atoms. The molecule has 1 amide bonds. The van der Waals surface area contributed by atoms with Crippen molar-refractivity contribution in [2.75, 3.05) is 13.7 Å². The van der Waals surface area contributed by atoms with E-state index in [4.69, 9.17) is 19.5 Å². The maximum atomic E-state index is 12.4. The minimum Gasteiger partial charge on any atom is -0.493 e. The first-order valence-electron chi connectivity index (χ1n) is 9.60. The van der Waals surface area contributed by atoms with Gasteiger partial charge < -0.3 is 14.2 Å². The van der Waals surface area contributed by atoms with Crippen LogP contribution in [0.5, 0.6) is 17.2 Å². The maximum Gasteiger partial charge on any atom is 0.343 e. The number of nitrogens with one attached hydrogen (secondary N) is 1. The summed E-state index contributed by atoms with van der Waals surface area (Å²) in [5, 5.41) is 12.9. The average Bonchev–Trinajstić information content (AvgIpc) is 2.83. The normalized spacial score (nSPS) is 10.3. The molecular weight excluding hydrogens is 490 g/mol. The van der Waals surface area contributed by atoms with Gasteiger partial charge in [0.25, 0.3) is 5.91 Å². The number of nitriles is 1. The van der Waals surface area contributed by atoms with E-state index < -0.39 is 11.9 Å². The Morgan fingerprint density at radius 2 is 1.88 bits per heavy atom. The minimum absolute atomic E-state index is 0.244. The van der Waals surface area contributed by atoms with Gasteiger partial charge in [-0.1, -0.05) is 34.1 Å². The highest BCUT2D eigenvalue weighted by molar-refractivity contribution is 9.10. The number of rotatable bonds is 8. The topological polar surface area (TPSA) is 110 Å². The van der Waals surface area contributed by atoms with Gasteiger partial charge in [0.1, 0.15) is 11.8 Å². The van der Waals surface area contributed by atoms with Crippen molar-refractivity contribution in [3.8, 4) is 23.3 Å². The van der Waals surface area contributed by atoms with E-state index in [1.165, 1.54) is 13.3 Å². The lowest BCUT2D eigenvalue weighted by Gasteiger charge is -2.10. The number of esters is 1. The van der Waals surface area contributed by atoms with Crippen molar-refractivity contribution in [3.05, 3.63) is 87.9 Å². The van der Waals surface area contributed by atoms with Crippen molar-refractivity contribution in [2.45, 2.75) is 0 Å². The number of amides is 1. The Morgan fingerprint density at radius 3 is 2.64 bits per heavy atom. The molecule has 0 spiro atoms. The number of para-hydroxylation sites is 1. The fourth-order valence-electron chi connectivity index (χ4n) is 2.66. The molecule has 0 aliphatic rings. The van der Waals surface area contributed by atoms with Crippen molar-refractivity contribution >= 4 is 34.0 Å². The van der Waals surface area contributed by atoms with Crippen molar-refractivity contribution in [1.82, 2.24) is 5.43 Å². The lowest BCUT2D eigenvalue weighted by Crippen LogP contribution is -2.24. The molecule has 0 radical (unpaired) electrons. The number of hydrogen-bond acceptors (Lipinski definition) is 7. The van der Waals surface area contributed by atoms with E-state index in [1.807, 2.05) is 12.1 Å². The third-order valence-electron chi connectivity index (χ3n) is 4.22. The van der Waals surface area contributed by atoms with Gasteiger partial charge in [-0.3, -0.25) is 4.79 Å². The van der Waals surface area contributed by atoms with Gasteiger partial charge in [-0.2, -0.15) is 10.4 Å². The van der Waals surface area contributed by atoms with Gasteiger partial charge in [0.15, 0.2) is 18.1 Å². The van der Waals surface area contributed by atoms with Crippen LogP contribution in [0.4, 0.5) is 0 Å². The minimum atomic E-state index is -0.527. The van der Waals surface area contributed by atoms with Gasteiger partial charge in [-0.05, 0) is 54.1 Å². The molecule has 0 atom stereocenters. The highest BCUT2D eigenvalue weighted by atomic mass is 79.9. The lowest BCUT2D eigenvalue weighted by molar-refractivity contribution is -0.123. The monoisotopic (exact) mass is 507 g/mol. The number of benzene rings is 3. The summed E-state index contributed by atoms with van der Waals surface area (Å²) in [7, 11) is 1.45. The number of methoxy groups -OCH3 is 1. The molecule has 3 rings (SSSR count). The largest absolute Gasteiger partial charge is 0.493 e. The van der Waals surface area contributed by atoms with Crippen LogP contribution >= 0.6 is 15.9 Å². The molecule has 166 valence electrons. The second-order valence-corrected chi connectivity index (χ2v) is 7.42. The number of carbonyl (C=O) groups excluding carboxylic acids is 2. The lowest BCUT2D eigenvalue weighted by atomic mass is 10.2. The Bertz CT molecular complexity index is 1240. The van der Waals surface area contributed by atoms with Crippen molar-refractivity contribution in [1.29, 1.82) is 5.26 Å². The number of ether oxygens (including phenoxy) is 3. The van der Waals surface area contributed by atoms with E-state index >= 15 is 0 Å². The summed E-state index contributed by atoms with van der Waals surface area (Å²) in [6.45, 7) is -0.302. The van der Waals surface area contributed by atoms with Gasteiger partial charge in [0.2, 0.25) is 0 Å². The number of halogens is 1. The number of carbonyl (C=O) groups is 2. The average molecular weight is 508 g/mol. The summed E-state index contributed by atoms with van der Waals surface area (Å²) in [4.78, 5) is 24.3. The van der Waals surface area contributed by atoms with E-state index in [0.717, 1.165) is 4.47 Å². The SMILES string of the molecule is COc1cc(/C=N\NC(=O)COc2ccccc2C#N)ccc1OC(=O)c1cccc(Br)c1. The molecule has 3 aromatic rings. The van der Waals surface area contributed by atoms with Crippen LogP contribution in [0, 0.1) is 11.3 Å². The molecule has 0 saturated heterocycles. The van der Waals surface area contributed by atoms with E-state index in [2.05, 4.69) is 26.5 Å². The summed E-state index contributed by atoms with van der Waals surface area (Å²) >= 11 is 3.32. The maximum absolute atomic E-state index is 12.4. The fourth-order valence-corrected chi connectivity index (χ4v) is 3.06. The van der Waals surface area contributed by atoms with Crippen LogP contribution < -0.4 is 19.6 Å². The van der Waals surface area contributed by atoms with Gasteiger partial charge in [-0.15, -0.1) is 0 Å². The molecule has 0 aliphatic carbocycles. The highest BCUT2D eigenvalue weighted by Crippen LogP contribution is 2.28. The van der Waals surface area contributed by atoms with Crippen molar-refractivity contribution < 1.29 is 23.8 Å². The standard InChI is InChI=1S/C24H18BrN3O5/c1-31-22-11-16(9-10-21(22)33-24(30)17-6-4-7-19(25)12-17)14-27-28-23(29)15-32-20-8-3-2-5-18(20)13-26/h2-12,14H,15H2,1H3,(H,28,29)/b27-14-. The number of hydrazone groups is 1. The first-order chi connectivity index (χ1) is 16.0. The molecule has 0 fully saturated rings. The van der Waals surface area contributed by atoms with Gasteiger partial charge in [-0.25, -0.2) is 10.2 Å². The van der Waals surface area contributed by atoms with Gasteiger partial charge in [0, 0.05) is 4.47 Å². The molecule has 0 unspecified atom stereocenters. The Kier molecular flexibility index (Phi) is 8.16. The van der Waals surface area contributed by atoms with Gasteiger partial charge >= 0.3 is 5.97 Å². The predicted molar refractivity (Wildman–Crippen MR) is 124 cm³/mol. The molecular formula is C24H18BrN3O5. The van der Waals surface area contributed by atoms with Gasteiger partial charge in [0.05, 0.1) is 24.5 Å². The Hall–Kier alpha value is -4.16. The Balaban J connectivity index is 1.58. The zero-order valence-corrected chi connectivity index (χ0v) is 19.0. The second-order valence-electron chi connectivity index (χ2n) is 6.50. The molecule has 0 heterocycles. The van der Waals surface area contributed by atoms with E-state index in [1.54, 1.807) is 60.7 Å². The number of hydrogen-bond donors (Lipinski definition) is 1. The second kappa shape index (κ2) is 11.5. The van der Waals surface area contributed by atoms with Crippen molar-refractivity contribution in [3.63, 3.8) is 0 Å². The first-order valence-corrected chi connectivity index (χ1v) is 10.4. The quantitative estimate of drug-likeness (QED) is 0.213. The summed E-state index contributed by atoms with van der Waals surface area (Å²) in [6, 6.07) is 20.3. The first kappa shape index (κ1) is 23.5. The third-order valence-corrected chi connectivity index (χ3v) is 4.71. The molecule has 0 aliphatic heterocycles. The van der Waals surface area contributed by atoms with Crippen molar-refractivity contribution in [2.24, 2.45) is 5.10 Å². The van der Waals surface area contributed by atoms with E-state index in [9.17, 15) is 9.59 Å². The summed E-state index contributed by atoms with van der Waals surface area (Å²) in [5.41, 5.74) is 3.67. The summed E-state index contributed by atoms with van der Waals surface area (Å²) in [5.74, 6) is -0.137. The molecule has 0 saturated carbocycles. The van der Waals surface area contributed by atoms with Crippen LogP contribution in [0.15, 0.2) is 76.3 Å². The zero-order valence-electron chi connectivity index (χ0n) is 17.4. The van der Waals surface area contributed by atoms with Crippen LogP contribution in [0.1, 0.15) is 21.5 Å². The fraction of sp³-hybridized carbons (Fsp3) is 0.0833. The summed E-state index contributed by atoms with van der Waals surface area (Å²) < 4.78 is 16.8. The van der Waals surface area contributed by atoms with Crippen LogP contribution in [0.3, 0.4) is 0 Å². The van der Waals surface area contributed by atoms with E-state index in [-0.39, 0.29) is 12.4 Å². The van der Waals surface area contributed by atoms with Crippen LogP contribution in [0.2, 0.25) is 0 Å². The molecule has 3 aromatic carbocycles. The molecule has 33 heavy (non-hydrogen) atoms. The summed E-state index contributed by atoms with van der Waals surface area (Å²) in [6.07, 6.45) is 1.41. The van der Waals surface area contributed by atoms with E-state index in [0.29, 0.717) is 28.2 Å². The molecule has 1 N–H and O–H groups in total. The Labute approximate surface area is 198 Å². The third kappa shape index (κ3) is 6.66. The molecule has 9 heteroatoms. The predicted octanol–water partition coefficient (Wildman–Crippen LogP) is 4.08. The van der Waals surface area contributed by atoms with Crippen LogP contribution in [0.25, 0.3) is 0 Å². The Morgan fingerprint density at radius 1 is 1.06 bits per heavy atom.